The van der Waals surface area contributed by atoms with Crippen LogP contribution in [0.2, 0.25) is 0 Å². The van der Waals surface area contributed by atoms with Crippen molar-refractivity contribution in [2.75, 3.05) is 6.26 Å². The Balaban J connectivity index is 2.01. The molecule has 1 aromatic carbocycles. The molecule has 0 amide bonds. The first-order valence-electron chi connectivity index (χ1n) is 6.61. The van der Waals surface area contributed by atoms with E-state index in [-0.39, 0.29) is 22.7 Å². The smallest absolute Gasteiger partial charge is 0.312 e. The van der Waals surface area contributed by atoms with E-state index in [9.17, 15) is 23.3 Å². The van der Waals surface area contributed by atoms with Crippen LogP contribution in [0.25, 0.3) is 0 Å². The van der Waals surface area contributed by atoms with Crippen LogP contribution in [0, 0.1) is 10.1 Å². The number of nitrogens with zero attached hydrogens (tertiary/aromatic N) is 3. The van der Waals surface area contributed by atoms with E-state index < -0.39 is 21.0 Å². The molecular formula is C14H11N3O7S. The van der Waals surface area contributed by atoms with Crippen molar-refractivity contribution < 1.29 is 27.3 Å². The lowest BCUT2D eigenvalue weighted by Crippen LogP contribution is -2.06. The first kappa shape index (κ1) is 18.0. The number of rotatable bonds is 5. The Morgan fingerprint density at radius 1 is 1.12 bits per heavy atom. The number of nitro benzene ring substituents is 1. The molecule has 10 nitrogen and oxygen atoms in total. The third-order valence-corrected chi connectivity index (χ3v) is 3.00. The van der Waals surface area contributed by atoms with Gasteiger partial charge in [-0.2, -0.15) is 8.42 Å². The monoisotopic (exact) mass is 365 g/mol. The summed E-state index contributed by atoms with van der Waals surface area (Å²) in [7, 11) is -3.70. The van der Waals surface area contributed by atoms with E-state index in [0.29, 0.717) is 0 Å². The summed E-state index contributed by atoms with van der Waals surface area (Å²) in [5, 5.41) is 17.6. The van der Waals surface area contributed by atoms with Crippen molar-refractivity contribution in [1.29, 1.82) is 0 Å². The summed E-state index contributed by atoms with van der Waals surface area (Å²) in [4.78, 5) is 26.6. The number of benzene rings is 1. The highest BCUT2D eigenvalue weighted by Crippen LogP contribution is 2.14. The van der Waals surface area contributed by atoms with Crippen LogP contribution in [-0.2, 0) is 19.2 Å². The van der Waals surface area contributed by atoms with Crippen molar-refractivity contribution in [2.24, 2.45) is 10.3 Å². The van der Waals surface area contributed by atoms with Crippen LogP contribution >= 0.6 is 0 Å². The van der Waals surface area contributed by atoms with Crippen LogP contribution in [0.3, 0.4) is 0 Å². The SMILES string of the molecule is CS(=O)(=O)ON=C1C=CC(=NOC(=O)c2cccc([N+](=O)[O-])c2)C=C1. The zero-order chi connectivity index (χ0) is 18.4. The minimum atomic E-state index is -3.70. The number of non-ortho nitro benzene ring substituents is 1. The van der Waals surface area contributed by atoms with Gasteiger partial charge in [0.25, 0.3) is 5.69 Å². The van der Waals surface area contributed by atoms with E-state index in [1.807, 2.05) is 0 Å². The standard InChI is InChI=1S/C14H11N3O7S/c1-25(21,22)24-16-12-7-5-11(6-8-12)15-23-14(18)10-3-2-4-13(9-10)17(19)20/h2-9H,1H3. The summed E-state index contributed by atoms with van der Waals surface area (Å²) in [5.41, 5.74) is 0.198. The Labute approximate surface area is 142 Å². The molecule has 0 aromatic heterocycles. The van der Waals surface area contributed by atoms with Crippen LogP contribution in [-0.4, -0.2) is 37.0 Å². The minimum absolute atomic E-state index is 0.0221. The van der Waals surface area contributed by atoms with Crippen molar-refractivity contribution in [1.82, 2.24) is 0 Å². The summed E-state index contributed by atoms with van der Waals surface area (Å²) in [5.74, 6) is -0.863. The molecule has 0 saturated carbocycles. The summed E-state index contributed by atoms with van der Waals surface area (Å²) in [6, 6.07) is 5.03. The lowest BCUT2D eigenvalue weighted by atomic mass is 10.1. The van der Waals surface area contributed by atoms with Gasteiger partial charge in [0.2, 0.25) is 0 Å². The van der Waals surface area contributed by atoms with Gasteiger partial charge in [-0.1, -0.05) is 16.4 Å². The Morgan fingerprint density at radius 3 is 2.28 bits per heavy atom. The second-order valence-electron chi connectivity index (χ2n) is 4.66. The van der Waals surface area contributed by atoms with E-state index in [2.05, 4.69) is 14.6 Å². The van der Waals surface area contributed by atoms with Crippen LogP contribution < -0.4 is 0 Å². The Hall–Kier alpha value is -3.34. The van der Waals surface area contributed by atoms with Crippen LogP contribution in [0.1, 0.15) is 10.4 Å². The molecule has 1 aliphatic rings. The highest BCUT2D eigenvalue weighted by Gasteiger charge is 2.13. The molecule has 0 aliphatic heterocycles. The molecule has 130 valence electrons. The highest BCUT2D eigenvalue weighted by molar-refractivity contribution is 7.85. The normalized spacial score (nSPS) is 13.3. The molecule has 0 saturated heterocycles. The molecule has 0 N–H and O–H groups in total. The number of oxime groups is 2. The quantitative estimate of drug-likeness (QED) is 0.334. The molecule has 0 heterocycles. The third kappa shape index (κ3) is 5.66. The summed E-state index contributed by atoms with van der Waals surface area (Å²) in [6.45, 7) is 0. The Kier molecular flexibility index (Phi) is 5.39. The predicted octanol–water partition coefficient (Wildman–Crippen LogP) is 1.57. The zero-order valence-corrected chi connectivity index (χ0v) is 13.5. The fourth-order valence-corrected chi connectivity index (χ4v) is 1.80. The molecule has 1 aromatic rings. The van der Waals surface area contributed by atoms with Gasteiger partial charge in [-0.05, 0) is 30.4 Å². The largest absolute Gasteiger partial charge is 0.366 e. The molecule has 0 spiro atoms. The molecule has 0 atom stereocenters. The number of hydrogen-bond donors (Lipinski definition) is 0. The Morgan fingerprint density at radius 2 is 1.72 bits per heavy atom. The van der Waals surface area contributed by atoms with Gasteiger partial charge in [-0.3, -0.25) is 14.4 Å². The molecular weight excluding hydrogens is 354 g/mol. The second kappa shape index (κ2) is 7.49. The number of hydrogen-bond acceptors (Lipinski definition) is 9. The first-order chi connectivity index (χ1) is 11.7. The van der Waals surface area contributed by atoms with Crippen molar-refractivity contribution in [3.05, 3.63) is 64.2 Å². The van der Waals surface area contributed by atoms with E-state index in [1.54, 1.807) is 0 Å². The lowest BCUT2D eigenvalue weighted by Gasteiger charge is -2.02. The molecule has 2 rings (SSSR count). The van der Waals surface area contributed by atoms with Crippen molar-refractivity contribution in [3.8, 4) is 0 Å². The fourth-order valence-electron chi connectivity index (χ4n) is 1.58. The Bertz CT molecular complexity index is 911. The van der Waals surface area contributed by atoms with Gasteiger partial charge >= 0.3 is 16.1 Å². The van der Waals surface area contributed by atoms with Crippen molar-refractivity contribution in [2.45, 2.75) is 0 Å². The fraction of sp³-hybridized carbons (Fsp3) is 0.0714. The molecule has 0 bridgehead atoms. The number of carbonyl (C=O) groups excluding carboxylic acids is 1. The van der Waals surface area contributed by atoms with Gasteiger partial charge < -0.3 is 4.84 Å². The number of carbonyl (C=O) groups is 1. The molecule has 11 heteroatoms. The van der Waals surface area contributed by atoms with Gasteiger partial charge in [0, 0.05) is 12.1 Å². The predicted molar refractivity (Wildman–Crippen MR) is 87.6 cm³/mol. The minimum Gasteiger partial charge on any atom is -0.312 e. The first-order valence-corrected chi connectivity index (χ1v) is 8.43. The van der Waals surface area contributed by atoms with Gasteiger partial charge in [0.15, 0.2) is 0 Å². The zero-order valence-electron chi connectivity index (χ0n) is 12.7. The maximum Gasteiger partial charge on any atom is 0.366 e. The van der Waals surface area contributed by atoms with Crippen LogP contribution in [0.4, 0.5) is 5.69 Å². The van der Waals surface area contributed by atoms with Gasteiger partial charge in [0.05, 0.1) is 16.7 Å². The topological polar surface area (TPSA) is 138 Å². The second-order valence-corrected chi connectivity index (χ2v) is 6.22. The van der Waals surface area contributed by atoms with Crippen LogP contribution in [0.5, 0.6) is 0 Å². The molecule has 0 radical (unpaired) electrons. The lowest BCUT2D eigenvalue weighted by molar-refractivity contribution is -0.384. The maximum atomic E-state index is 11.8. The van der Waals surface area contributed by atoms with Gasteiger partial charge in [0.1, 0.15) is 11.4 Å². The summed E-state index contributed by atoms with van der Waals surface area (Å²) in [6.07, 6.45) is 6.46. The van der Waals surface area contributed by atoms with E-state index in [4.69, 9.17) is 4.84 Å². The van der Waals surface area contributed by atoms with Crippen molar-refractivity contribution >= 4 is 33.2 Å². The molecule has 1 aliphatic carbocycles. The molecule has 25 heavy (non-hydrogen) atoms. The molecule has 0 fully saturated rings. The number of nitro groups is 1. The summed E-state index contributed by atoms with van der Waals surface area (Å²) >= 11 is 0. The van der Waals surface area contributed by atoms with E-state index in [0.717, 1.165) is 12.3 Å². The third-order valence-electron chi connectivity index (χ3n) is 2.65. The van der Waals surface area contributed by atoms with Crippen molar-refractivity contribution in [3.63, 3.8) is 0 Å². The molecule has 0 unspecified atom stereocenters. The van der Waals surface area contributed by atoms with E-state index >= 15 is 0 Å². The van der Waals surface area contributed by atoms with Crippen LogP contribution in [0.15, 0.2) is 58.9 Å². The average Bonchev–Trinajstić information content (AvgIpc) is 2.58. The maximum absolute atomic E-state index is 11.8. The van der Waals surface area contributed by atoms with E-state index in [1.165, 1.54) is 42.5 Å². The van der Waals surface area contributed by atoms with Gasteiger partial charge in [-0.15, -0.1) is 0 Å². The number of allylic oxidation sites excluding steroid dienone is 4. The van der Waals surface area contributed by atoms with Gasteiger partial charge in [-0.25, -0.2) is 4.79 Å². The summed E-state index contributed by atoms with van der Waals surface area (Å²) < 4.78 is 25.9. The highest BCUT2D eigenvalue weighted by atomic mass is 32.2. The average molecular weight is 365 g/mol.